The first kappa shape index (κ1) is 47.3. The first-order chi connectivity index (χ1) is 23.3. The van der Waals surface area contributed by atoms with Crippen LogP contribution in [0.1, 0.15) is 219 Å². The van der Waals surface area contributed by atoms with E-state index in [0.717, 1.165) is 38.5 Å². The fourth-order valence-electron chi connectivity index (χ4n) is 6.34. The predicted octanol–water partition coefficient (Wildman–Crippen LogP) is 12.0. The van der Waals surface area contributed by atoms with Gasteiger partial charge in [0.1, 0.15) is 0 Å². The number of hydrogen-bond donors (Lipinski definition) is 4. The third-order valence-electron chi connectivity index (χ3n) is 9.50. The molecule has 0 aliphatic carbocycles. The largest absolute Gasteiger partial charge is 0.469 e. The summed E-state index contributed by atoms with van der Waals surface area (Å²) in [5, 5.41) is 13.3. The molecule has 0 bridgehead atoms. The number of nitrogens with one attached hydrogen (secondary N) is 1. The van der Waals surface area contributed by atoms with E-state index in [0.29, 0.717) is 6.42 Å². The minimum Gasteiger partial charge on any atom is -0.387 e. The van der Waals surface area contributed by atoms with E-state index in [1.807, 2.05) is 6.08 Å². The molecule has 0 radical (unpaired) electrons. The van der Waals surface area contributed by atoms with Crippen molar-refractivity contribution in [1.29, 1.82) is 0 Å². The molecule has 0 aliphatic heterocycles. The van der Waals surface area contributed by atoms with Gasteiger partial charge in [-0.2, -0.15) is 0 Å². The molecule has 0 rings (SSSR count). The maximum absolute atomic E-state index is 12.5. The Morgan fingerprint density at radius 1 is 0.583 bits per heavy atom. The van der Waals surface area contributed by atoms with Gasteiger partial charge in [0.25, 0.3) is 0 Å². The molecular formula is C40H80NO6P. The molecule has 0 fully saturated rings. The molecule has 8 heteroatoms. The van der Waals surface area contributed by atoms with Gasteiger partial charge in [0, 0.05) is 6.42 Å². The highest BCUT2D eigenvalue weighted by Crippen LogP contribution is 2.35. The lowest BCUT2D eigenvalue weighted by molar-refractivity contribution is -0.123. The fraction of sp³-hybridized carbons (Fsp3) is 0.925. The number of hydrogen-bond acceptors (Lipinski definition) is 4. The Hall–Kier alpha value is -0.720. The maximum Gasteiger partial charge on any atom is 0.469 e. The molecule has 7 nitrogen and oxygen atoms in total. The topological polar surface area (TPSA) is 116 Å². The van der Waals surface area contributed by atoms with Crippen LogP contribution in [0.25, 0.3) is 0 Å². The van der Waals surface area contributed by atoms with E-state index in [-0.39, 0.29) is 5.91 Å². The highest BCUT2D eigenvalue weighted by atomic mass is 31.2. The summed E-state index contributed by atoms with van der Waals surface area (Å²) in [6, 6.07) is -0.903. The molecule has 0 aliphatic rings. The number of unbranched alkanes of at least 4 members (excludes halogenated alkanes) is 29. The lowest BCUT2D eigenvalue weighted by Gasteiger charge is -2.22. The van der Waals surface area contributed by atoms with E-state index in [1.165, 1.54) is 161 Å². The van der Waals surface area contributed by atoms with E-state index in [4.69, 9.17) is 9.79 Å². The number of carbonyl (C=O) groups is 1. The smallest absolute Gasteiger partial charge is 0.387 e. The summed E-state index contributed by atoms with van der Waals surface area (Å²) in [7, 11) is -4.71. The highest BCUT2D eigenvalue weighted by Gasteiger charge is 2.24. The molecule has 0 aromatic carbocycles. The Morgan fingerprint density at radius 2 is 0.917 bits per heavy atom. The van der Waals surface area contributed by atoms with Crippen LogP contribution < -0.4 is 5.32 Å². The van der Waals surface area contributed by atoms with Gasteiger partial charge in [-0.05, 0) is 19.3 Å². The zero-order chi connectivity index (χ0) is 35.4. The van der Waals surface area contributed by atoms with Crippen LogP contribution in [-0.4, -0.2) is 39.6 Å². The third-order valence-corrected chi connectivity index (χ3v) is 9.98. The van der Waals surface area contributed by atoms with E-state index in [9.17, 15) is 14.5 Å². The highest BCUT2D eigenvalue weighted by molar-refractivity contribution is 7.46. The standard InChI is InChI=1S/C40H80NO6P/c1-3-5-7-9-11-13-15-16-17-18-19-20-21-22-23-24-26-28-30-32-34-36-40(43)41-38(37-47-48(44,45)46)39(42)35-33-31-29-27-25-14-12-10-8-6-4-2/h33,35,38-39,42H,3-32,34,36-37H2,1-2H3,(H,41,43)(H2,44,45,46)/b35-33+/t38-,39+/m0/s1. The van der Waals surface area contributed by atoms with Gasteiger partial charge in [-0.1, -0.05) is 206 Å². The number of carbonyl (C=O) groups excluding carboxylic acids is 1. The number of aliphatic hydroxyl groups excluding tert-OH is 1. The Kier molecular flexibility index (Phi) is 35.5. The van der Waals surface area contributed by atoms with Gasteiger partial charge in [-0.25, -0.2) is 4.57 Å². The lowest BCUT2D eigenvalue weighted by atomic mass is 10.0. The first-order valence-corrected chi connectivity index (χ1v) is 22.2. The van der Waals surface area contributed by atoms with E-state index in [2.05, 4.69) is 23.7 Å². The van der Waals surface area contributed by atoms with E-state index >= 15 is 0 Å². The van der Waals surface area contributed by atoms with Crippen LogP contribution in [-0.2, 0) is 13.9 Å². The van der Waals surface area contributed by atoms with Crippen molar-refractivity contribution in [3.05, 3.63) is 12.2 Å². The number of rotatable bonds is 38. The molecule has 0 unspecified atom stereocenters. The number of aliphatic hydroxyl groups is 1. The second kappa shape index (κ2) is 36.1. The van der Waals surface area contributed by atoms with Crippen LogP contribution in [0.5, 0.6) is 0 Å². The number of phosphoric acid groups is 1. The Balaban J connectivity index is 3.86. The van der Waals surface area contributed by atoms with Crippen LogP contribution in [0.15, 0.2) is 12.2 Å². The Morgan fingerprint density at radius 3 is 1.27 bits per heavy atom. The maximum atomic E-state index is 12.5. The minimum atomic E-state index is -4.71. The summed E-state index contributed by atoms with van der Waals surface area (Å²) < 4.78 is 15.9. The second-order valence-electron chi connectivity index (χ2n) is 14.3. The molecule has 0 saturated carbocycles. The molecule has 286 valence electrons. The van der Waals surface area contributed by atoms with E-state index in [1.54, 1.807) is 6.08 Å². The van der Waals surface area contributed by atoms with Crippen LogP contribution >= 0.6 is 7.82 Å². The summed E-state index contributed by atoms with van der Waals surface area (Å²) in [5.41, 5.74) is 0. The van der Waals surface area contributed by atoms with Crippen LogP contribution in [0, 0.1) is 0 Å². The van der Waals surface area contributed by atoms with Gasteiger partial charge in [0.2, 0.25) is 5.91 Å². The molecule has 0 heterocycles. The molecule has 0 aromatic rings. The summed E-state index contributed by atoms with van der Waals surface area (Å²) in [5.74, 6) is -0.224. The van der Waals surface area contributed by atoms with E-state index < -0.39 is 26.6 Å². The van der Waals surface area contributed by atoms with Gasteiger partial charge < -0.3 is 20.2 Å². The molecule has 2 atom stereocenters. The lowest BCUT2D eigenvalue weighted by Crippen LogP contribution is -2.45. The molecule has 0 aromatic heterocycles. The van der Waals surface area contributed by atoms with Crippen LogP contribution in [0.2, 0.25) is 0 Å². The average molecular weight is 702 g/mol. The van der Waals surface area contributed by atoms with Gasteiger partial charge in [-0.15, -0.1) is 0 Å². The van der Waals surface area contributed by atoms with Crippen molar-refractivity contribution < 1.29 is 28.8 Å². The SMILES string of the molecule is CCCCCCCCCCC/C=C/[C@@H](O)[C@H](COP(=O)(O)O)NC(=O)CCCCCCCCCCCCCCCCCCCCCCC. The fourth-order valence-corrected chi connectivity index (χ4v) is 6.70. The molecule has 48 heavy (non-hydrogen) atoms. The number of allylic oxidation sites excluding steroid dienone is 1. The van der Waals surface area contributed by atoms with Crippen molar-refractivity contribution in [2.24, 2.45) is 0 Å². The van der Waals surface area contributed by atoms with Crippen molar-refractivity contribution in [2.45, 2.75) is 231 Å². The molecule has 1 amide bonds. The number of amides is 1. The van der Waals surface area contributed by atoms with Gasteiger partial charge >= 0.3 is 7.82 Å². The molecular weight excluding hydrogens is 621 g/mol. The zero-order valence-electron chi connectivity index (χ0n) is 31.7. The summed E-state index contributed by atoms with van der Waals surface area (Å²) in [6.07, 6.45) is 42.4. The van der Waals surface area contributed by atoms with Crippen molar-refractivity contribution in [3.8, 4) is 0 Å². The minimum absolute atomic E-state index is 0.224. The third kappa shape index (κ3) is 36.6. The van der Waals surface area contributed by atoms with Gasteiger partial charge in [0.05, 0.1) is 18.8 Å². The zero-order valence-corrected chi connectivity index (χ0v) is 32.6. The van der Waals surface area contributed by atoms with Crippen molar-refractivity contribution in [3.63, 3.8) is 0 Å². The number of phosphoric ester groups is 1. The van der Waals surface area contributed by atoms with Crippen molar-refractivity contribution in [1.82, 2.24) is 5.32 Å². The van der Waals surface area contributed by atoms with Crippen LogP contribution in [0.3, 0.4) is 0 Å². The second-order valence-corrected chi connectivity index (χ2v) is 15.6. The Bertz CT molecular complexity index is 758. The summed E-state index contributed by atoms with van der Waals surface area (Å²) in [4.78, 5) is 30.8. The predicted molar refractivity (Wildman–Crippen MR) is 204 cm³/mol. The summed E-state index contributed by atoms with van der Waals surface area (Å²) in [6.45, 7) is 4.07. The normalized spacial score (nSPS) is 13.4. The van der Waals surface area contributed by atoms with Gasteiger partial charge in [0.15, 0.2) is 0 Å². The summed E-state index contributed by atoms with van der Waals surface area (Å²) >= 11 is 0. The Labute approximate surface area is 297 Å². The molecule has 0 spiro atoms. The molecule has 4 N–H and O–H groups in total. The van der Waals surface area contributed by atoms with Gasteiger partial charge in [-0.3, -0.25) is 9.32 Å². The first-order valence-electron chi connectivity index (χ1n) is 20.6. The average Bonchev–Trinajstić information content (AvgIpc) is 3.05. The quantitative estimate of drug-likeness (QED) is 0.0289. The molecule has 0 saturated heterocycles. The van der Waals surface area contributed by atoms with Crippen LogP contribution in [0.4, 0.5) is 0 Å². The van der Waals surface area contributed by atoms with Crippen molar-refractivity contribution in [2.75, 3.05) is 6.61 Å². The monoisotopic (exact) mass is 702 g/mol. The van der Waals surface area contributed by atoms with Crippen molar-refractivity contribution >= 4 is 13.7 Å².